The van der Waals surface area contributed by atoms with Crippen molar-refractivity contribution in [3.05, 3.63) is 47.9 Å². The third kappa shape index (κ3) is 3.53. The summed E-state index contributed by atoms with van der Waals surface area (Å²) in [7, 11) is 3.25. The number of furan rings is 1. The molecular formula is C15H20N2O3. The summed E-state index contributed by atoms with van der Waals surface area (Å²) in [5, 5.41) is 0. The van der Waals surface area contributed by atoms with E-state index in [1.807, 2.05) is 30.3 Å². The highest BCUT2D eigenvalue weighted by Crippen LogP contribution is 2.28. The molecule has 1 aromatic heterocycles. The van der Waals surface area contributed by atoms with E-state index in [2.05, 4.69) is 5.43 Å². The van der Waals surface area contributed by atoms with Crippen LogP contribution < -0.4 is 20.7 Å². The average molecular weight is 276 g/mol. The van der Waals surface area contributed by atoms with Crippen LogP contribution >= 0.6 is 0 Å². The Hall–Kier alpha value is -1.98. The number of methoxy groups -OCH3 is 2. The highest BCUT2D eigenvalue weighted by atomic mass is 16.5. The van der Waals surface area contributed by atoms with E-state index in [-0.39, 0.29) is 6.04 Å². The molecule has 0 spiro atoms. The third-order valence-corrected chi connectivity index (χ3v) is 3.19. The van der Waals surface area contributed by atoms with E-state index in [4.69, 9.17) is 19.7 Å². The van der Waals surface area contributed by atoms with Gasteiger partial charge in [-0.15, -0.1) is 0 Å². The highest BCUT2D eigenvalue weighted by molar-refractivity contribution is 5.43. The van der Waals surface area contributed by atoms with Crippen molar-refractivity contribution in [1.82, 2.24) is 5.43 Å². The summed E-state index contributed by atoms with van der Waals surface area (Å²) in [4.78, 5) is 0. The number of hydrogen-bond acceptors (Lipinski definition) is 5. The second kappa shape index (κ2) is 6.98. The molecule has 0 bridgehead atoms. The van der Waals surface area contributed by atoms with Crippen molar-refractivity contribution in [2.75, 3.05) is 14.2 Å². The van der Waals surface area contributed by atoms with Gasteiger partial charge in [0.25, 0.3) is 0 Å². The summed E-state index contributed by atoms with van der Waals surface area (Å²) in [5.74, 6) is 7.97. The zero-order valence-corrected chi connectivity index (χ0v) is 11.8. The quantitative estimate of drug-likeness (QED) is 0.597. The topological polar surface area (TPSA) is 69.7 Å². The molecule has 1 unspecified atom stereocenters. The Labute approximate surface area is 118 Å². The van der Waals surface area contributed by atoms with Crippen molar-refractivity contribution in [2.24, 2.45) is 5.84 Å². The van der Waals surface area contributed by atoms with Crippen molar-refractivity contribution >= 4 is 0 Å². The number of ether oxygens (including phenoxy) is 2. The first kappa shape index (κ1) is 14.4. The molecule has 0 saturated heterocycles. The van der Waals surface area contributed by atoms with Crippen LogP contribution in [-0.4, -0.2) is 20.3 Å². The Kier molecular flexibility index (Phi) is 5.03. The van der Waals surface area contributed by atoms with Gasteiger partial charge in [-0.3, -0.25) is 11.3 Å². The highest BCUT2D eigenvalue weighted by Gasteiger charge is 2.12. The van der Waals surface area contributed by atoms with Crippen LogP contribution in [0, 0.1) is 0 Å². The lowest BCUT2D eigenvalue weighted by molar-refractivity contribution is 0.354. The molecule has 1 aromatic carbocycles. The molecule has 2 aromatic rings. The average Bonchev–Trinajstić information content (AvgIpc) is 2.99. The lowest BCUT2D eigenvalue weighted by Gasteiger charge is -2.16. The predicted octanol–water partition coefficient (Wildman–Crippen LogP) is 1.91. The molecule has 108 valence electrons. The van der Waals surface area contributed by atoms with Gasteiger partial charge in [-0.2, -0.15) is 0 Å². The fraction of sp³-hybridized carbons (Fsp3) is 0.333. The van der Waals surface area contributed by atoms with Gasteiger partial charge in [-0.1, -0.05) is 6.07 Å². The Bertz CT molecular complexity index is 526. The smallest absolute Gasteiger partial charge is 0.160 e. The molecule has 20 heavy (non-hydrogen) atoms. The Morgan fingerprint density at radius 2 is 1.95 bits per heavy atom. The van der Waals surface area contributed by atoms with Crippen LogP contribution in [0.15, 0.2) is 41.0 Å². The van der Waals surface area contributed by atoms with Crippen LogP contribution in [0.3, 0.4) is 0 Å². The van der Waals surface area contributed by atoms with E-state index in [1.54, 1.807) is 20.5 Å². The van der Waals surface area contributed by atoms with Gasteiger partial charge in [0.2, 0.25) is 0 Å². The summed E-state index contributed by atoms with van der Waals surface area (Å²) in [6.45, 7) is 0. The summed E-state index contributed by atoms with van der Waals surface area (Å²) >= 11 is 0. The Morgan fingerprint density at radius 1 is 1.15 bits per heavy atom. The zero-order chi connectivity index (χ0) is 14.4. The monoisotopic (exact) mass is 276 g/mol. The molecule has 0 radical (unpaired) electrons. The number of nitrogens with one attached hydrogen (secondary N) is 1. The minimum absolute atomic E-state index is 0.0965. The Morgan fingerprint density at radius 3 is 2.55 bits per heavy atom. The van der Waals surface area contributed by atoms with E-state index in [0.717, 1.165) is 35.7 Å². The molecule has 5 heteroatoms. The fourth-order valence-corrected chi connectivity index (χ4v) is 2.15. The third-order valence-electron chi connectivity index (χ3n) is 3.19. The molecule has 0 amide bonds. The zero-order valence-electron chi connectivity index (χ0n) is 11.8. The molecule has 0 saturated carbocycles. The van der Waals surface area contributed by atoms with Gasteiger partial charge in [0.1, 0.15) is 5.76 Å². The minimum atomic E-state index is 0.0965. The first-order valence-corrected chi connectivity index (χ1v) is 6.46. The lowest BCUT2D eigenvalue weighted by Crippen LogP contribution is -2.38. The van der Waals surface area contributed by atoms with E-state index in [0.29, 0.717) is 0 Å². The number of rotatable bonds is 7. The number of hydrazine groups is 1. The summed E-state index contributed by atoms with van der Waals surface area (Å²) in [5.41, 5.74) is 3.95. The molecular weight excluding hydrogens is 256 g/mol. The van der Waals surface area contributed by atoms with Gasteiger partial charge in [0.05, 0.1) is 20.5 Å². The normalized spacial score (nSPS) is 12.2. The van der Waals surface area contributed by atoms with Gasteiger partial charge in [-0.05, 0) is 36.2 Å². The predicted molar refractivity (Wildman–Crippen MR) is 76.8 cm³/mol. The van der Waals surface area contributed by atoms with Crippen molar-refractivity contribution in [1.29, 1.82) is 0 Å². The first-order valence-electron chi connectivity index (χ1n) is 6.46. The van der Waals surface area contributed by atoms with Crippen molar-refractivity contribution < 1.29 is 13.9 Å². The van der Waals surface area contributed by atoms with Gasteiger partial charge in [0, 0.05) is 12.5 Å². The van der Waals surface area contributed by atoms with Crippen LogP contribution in [0.2, 0.25) is 0 Å². The summed E-state index contributed by atoms with van der Waals surface area (Å²) < 4.78 is 15.9. The molecule has 3 N–H and O–H groups in total. The number of hydrogen-bond donors (Lipinski definition) is 2. The maximum absolute atomic E-state index is 5.62. The van der Waals surface area contributed by atoms with Crippen molar-refractivity contribution in [3.8, 4) is 11.5 Å². The summed E-state index contributed by atoms with van der Waals surface area (Å²) in [6.07, 6.45) is 3.18. The van der Waals surface area contributed by atoms with Crippen LogP contribution in [0.25, 0.3) is 0 Å². The molecule has 1 atom stereocenters. The second-order valence-corrected chi connectivity index (χ2v) is 4.54. The van der Waals surface area contributed by atoms with Crippen molar-refractivity contribution in [3.63, 3.8) is 0 Å². The van der Waals surface area contributed by atoms with Gasteiger partial charge < -0.3 is 13.9 Å². The van der Waals surface area contributed by atoms with Crippen LogP contribution in [0.1, 0.15) is 11.3 Å². The maximum Gasteiger partial charge on any atom is 0.160 e. The van der Waals surface area contributed by atoms with E-state index < -0.39 is 0 Å². The molecule has 0 aliphatic rings. The maximum atomic E-state index is 5.62. The number of benzene rings is 1. The van der Waals surface area contributed by atoms with Crippen LogP contribution in [0.5, 0.6) is 11.5 Å². The first-order chi connectivity index (χ1) is 9.76. The van der Waals surface area contributed by atoms with Gasteiger partial charge >= 0.3 is 0 Å². The van der Waals surface area contributed by atoms with Crippen LogP contribution in [-0.2, 0) is 12.8 Å². The molecule has 1 heterocycles. The standard InChI is InChI=1S/C15H20N2O3/c1-18-14-6-5-11(9-15(14)19-2)8-12(17-16)10-13-4-3-7-20-13/h3-7,9,12,17H,8,10,16H2,1-2H3. The van der Waals surface area contributed by atoms with Gasteiger partial charge in [-0.25, -0.2) is 0 Å². The molecule has 2 rings (SSSR count). The van der Waals surface area contributed by atoms with Gasteiger partial charge in [0.15, 0.2) is 11.5 Å². The minimum Gasteiger partial charge on any atom is -0.493 e. The van der Waals surface area contributed by atoms with E-state index in [9.17, 15) is 0 Å². The van der Waals surface area contributed by atoms with Crippen LogP contribution in [0.4, 0.5) is 0 Å². The van der Waals surface area contributed by atoms with Crippen molar-refractivity contribution in [2.45, 2.75) is 18.9 Å². The molecule has 0 aliphatic carbocycles. The van der Waals surface area contributed by atoms with E-state index in [1.165, 1.54) is 0 Å². The second-order valence-electron chi connectivity index (χ2n) is 4.54. The number of nitrogens with two attached hydrogens (primary N) is 1. The Balaban J connectivity index is 2.07. The molecule has 0 aliphatic heterocycles. The lowest BCUT2D eigenvalue weighted by atomic mass is 10.0. The van der Waals surface area contributed by atoms with E-state index >= 15 is 0 Å². The largest absolute Gasteiger partial charge is 0.493 e. The fourth-order valence-electron chi connectivity index (χ4n) is 2.15. The molecule has 5 nitrogen and oxygen atoms in total. The summed E-state index contributed by atoms with van der Waals surface area (Å²) in [6, 6.07) is 9.78. The SMILES string of the molecule is COc1ccc(CC(Cc2ccco2)NN)cc1OC. The molecule has 0 fully saturated rings.